The second-order valence-electron chi connectivity index (χ2n) is 12.9. The van der Waals surface area contributed by atoms with Crippen LogP contribution in [0, 0.1) is 37.6 Å². The van der Waals surface area contributed by atoms with Crippen molar-refractivity contribution < 1.29 is 51.6 Å². The Bertz CT molecular complexity index is 2560. The van der Waals surface area contributed by atoms with Crippen LogP contribution in [0.2, 0.25) is 0 Å². The molecule has 2 aliphatic heterocycles. The van der Waals surface area contributed by atoms with Crippen LogP contribution >= 0.6 is 0 Å². The summed E-state index contributed by atoms with van der Waals surface area (Å²) in [5.41, 5.74) is 5.22. The molecule has 56 heavy (non-hydrogen) atoms. The summed E-state index contributed by atoms with van der Waals surface area (Å²) in [6.07, 6.45) is 11.5. The molecule has 0 N–H and O–H groups in total. The first-order valence-electron chi connectivity index (χ1n) is 17.3. The number of anilines is 2. The first-order valence-corrected chi connectivity index (χ1v) is 17.3. The Morgan fingerprint density at radius 2 is 0.929 bits per heavy atom. The molecule has 0 fully saturated rings. The van der Waals surface area contributed by atoms with Gasteiger partial charge in [0.05, 0.1) is 0 Å². The molecule has 8 aromatic rings. The number of fused-ring (bicyclic) bond motifs is 5. The summed E-state index contributed by atoms with van der Waals surface area (Å²) in [5, 5.41) is 1.89. The van der Waals surface area contributed by atoms with Crippen LogP contribution in [0.15, 0.2) is 134 Å². The van der Waals surface area contributed by atoms with Crippen LogP contribution in [0.5, 0.6) is 23.0 Å². The van der Waals surface area contributed by atoms with E-state index in [1.165, 1.54) is 0 Å². The summed E-state index contributed by atoms with van der Waals surface area (Å²) in [6, 6.07) is 45.4. The molecular weight excluding hydrogens is 1060 g/mol. The van der Waals surface area contributed by atoms with E-state index >= 15 is 0 Å². The van der Waals surface area contributed by atoms with Crippen LogP contribution in [0.25, 0.3) is 44.5 Å². The number of pyridine rings is 2. The number of benzene rings is 4. The molecule has 4 aromatic carbocycles. The third-order valence-electron chi connectivity index (χ3n) is 9.22. The fraction of sp³-hybridized carbons (Fsp3) is 0.0455. The van der Waals surface area contributed by atoms with Gasteiger partial charge in [-0.15, -0.1) is 72.0 Å². The minimum absolute atomic E-state index is 0. The fourth-order valence-corrected chi connectivity index (χ4v) is 6.86. The minimum atomic E-state index is 0. The molecule has 0 saturated carbocycles. The average Bonchev–Trinajstić information content (AvgIpc) is 3.99. The largest absolute Gasteiger partial charge is 0.510 e. The monoisotopic (exact) mass is 1090 g/mol. The van der Waals surface area contributed by atoms with Gasteiger partial charge in [-0.05, 0) is 63.2 Å². The van der Waals surface area contributed by atoms with Gasteiger partial charge in [0.15, 0.2) is 0 Å². The Hall–Kier alpha value is -5.82. The van der Waals surface area contributed by atoms with Crippen LogP contribution in [0.1, 0.15) is 0 Å². The maximum absolute atomic E-state index is 6.42. The Morgan fingerprint density at radius 3 is 1.32 bits per heavy atom. The van der Waals surface area contributed by atoms with Crippen molar-refractivity contribution >= 4 is 44.2 Å². The van der Waals surface area contributed by atoms with Crippen molar-refractivity contribution in [3.05, 3.63) is 172 Å². The molecule has 284 valence electrons. The van der Waals surface area contributed by atoms with Gasteiger partial charge in [-0.2, -0.15) is 37.6 Å². The second kappa shape index (κ2) is 15.4. The summed E-state index contributed by atoms with van der Waals surface area (Å²) in [6.45, 7) is 3.96. The predicted molar refractivity (Wildman–Crippen MR) is 209 cm³/mol. The molecule has 0 saturated heterocycles. The number of hydrogen-bond donors (Lipinski definition) is 0. The molecule has 0 unspecified atom stereocenters. The van der Waals surface area contributed by atoms with Crippen molar-refractivity contribution in [3.63, 3.8) is 0 Å². The molecule has 0 atom stereocenters. The molecular formula is C44H30N8O2Pt2-6. The van der Waals surface area contributed by atoms with E-state index in [1.807, 2.05) is 157 Å². The smallest absolute Gasteiger partial charge is 0.134 e. The summed E-state index contributed by atoms with van der Waals surface area (Å²) in [4.78, 5) is 17.6. The molecule has 6 heterocycles. The van der Waals surface area contributed by atoms with E-state index in [2.05, 4.69) is 45.5 Å². The van der Waals surface area contributed by atoms with Crippen molar-refractivity contribution in [2.24, 2.45) is 0 Å². The SMILES string of the molecule is CN1C=CN(c2[c-]c(Oc3[c-]c4c(cc3)c3c(c5ccc(Oc6[c-]c(N7C=CN(C)[CH-]7)ccc6)[c-]c5n3-c3ccccn3)n4-c3ccccn3)ccc2)[CH-]1.[Pt].[Pt]. The molecule has 0 amide bonds. The van der Waals surface area contributed by atoms with Gasteiger partial charge in [-0.25, -0.2) is 9.97 Å². The first-order chi connectivity index (χ1) is 26.6. The van der Waals surface area contributed by atoms with Crippen molar-refractivity contribution in [1.29, 1.82) is 0 Å². The Kier molecular flexibility index (Phi) is 10.2. The van der Waals surface area contributed by atoms with Crippen molar-refractivity contribution in [3.8, 4) is 34.6 Å². The molecule has 10 rings (SSSR count). The standard InChI is InChI=1S/C44H30N8O2.2Pt/c1-47-21-23-49(29-47)31-9-7-11-33(25-31)53-35-15-17-37-39(27-35)51(41-13-3-5-19-45-41)44-38-18-16-36(28-40(38)52(43(37)44)42-14-4-6-20-46-42)54-34-12-8-10-32(26-34)50-24-22-48(2)30-50;;/h3-24,29-30H,1-2H3;;/q-6;;. The number of aromatic nitrogens is 4. The molecule has 2 aliphatic rings. The van der Waals surface area contributed by atoms with E-state index in [-0.39, 0.29) is 42.1 Å². The van der Waals surface area contributed by atoms with Crippen LogP contribution in [-0.2, 0) is 42.1 Å². The average molecular weight is 1090 g/mol. The molecule has 4 aromatic heterocycles. The van der Waals surface area contributed by atoms with E-state index in [4.69, 9.17) is 19.4 Å². The Morgan fingerprint density at radius 1 is 0.482 bits per heavy atom. The van der Waals surface area contributed by atoms with Gasteiger partial charge in [0, 0.05) is 88.6 Å². The number of ether oxygens (including phenoxy) is 2. The number of rotatable bonds is 8. The van der Waals surface area contributed by atoms with Gasteiger partial charge in [0.1, 0.15) is 11.6 Å². The molecule has 10 nitrogen and oxygen atoms in total. The van der Waals surface area contributed by atoms with Crippen molar-refractivity contribution in [2.75, 3.05) is 23.9 Å². The summed E-state index contributed by atoms with van der Waals surface area (Å²) >= 11 is 0. The van der Waals surface area contributed by atoms with Crippen LogP contribution < -0.4 is 19.3 Å². The minimum Gasteiger partial charge on any atom is -0.510 e. The summed E-state index contributed by atoms with van der Waals surface area (Å²) in [5.74, 6) is 3.74. The van der Waals surface area contributed by atoms with Gasteiger partial charge in [-0.1, -0.05) is 33.9 Å². The van der Waals surface area contributed by atoms with E-state index in [1.54, 1.807) is 12.4 Å². The molecule has 0 bridgehead atoms. The van der Waals surface area contributed by atoms with Crippen LogP contribution in [0.4, 0.5) is 11.4 Å². The molecule has 0 radical (unpaired) electrons. The van der Waals surface area contributed by atoms with E-state index in [0.29, 0.717) is 23.0 Å². The maximum Gasteiger partial charge on any atom is 0.134 e. The zero-order chi connectivity index (χ0) is 36.2. The first kappa shape index (κ1) is 37.1. The van der Waals surface area contributed by atoms with Gasteiger partial charge in [0.25, 0.3) is 0 Å². The molecule has 12 heteroatoms. The normalized spacial score (nSPS) is 13.5. The predicted octanol–water partition coefficient (Wildman–Crippen LogP) is 8.98. The third kappa shape index (κ3) is 6.73. The van der Waals surface area contributed by atoms with Gasteiger partial charge < -0.3 is 38.2 Å². The number of hydrogen-bond acceptors (Lipinski definition) is 8. The Labute approximate surface area is 353 Å². The zero-order valence-corrected chi connectivity index (χ0v) is 34.4. The quantitative estimate of drug-likeness (QED) is 0.140. The van der Waals surface area contributed by atoms with Crippen molar-refractivity contribution in [2.45, 2.75) is 0 Å². The summed E-state index contributed by atoms with van der Waals surface area (Å²) < 4.78 is 17.1. The van der Waals surface area contributed by atoms with Crippen LogP contribution in [-0.4, -0.2) is 43.0 Å². The number of nitrogens with zero attached hydrogens (tertiary/aromatic N) is 8. The van der Waals surface area contributed by atoms with Gasteiger partial charge in [-0.3, -0.25) is 0 Å². The maximum atomic E-state index is 6.42. The zero-order valence-electron chi connectivity index (χ0n) is 29.9. The van der Waals surface area contributed by atoms with E-state index in [0.717, 1.165) is 55.8 Å². The third-order valence-corrected chi connectivity index (χ3v) is 9.22. The van der Waals surface area contributed by atoms with Gasteiger partial charge >= 0.3 is 0 Å². The van der Waals surface area contributed by atoms with E-state index in [9.17, 15) is 0 Å². The molecule has 0 spiro atoms. The van der Waals surface area contributed by atoms with Crippen molar-refractivity contribution in [1.82, 2.24) is 28.9 Å². The Balaban J connectivity index is 0.00000220. The second-order valence-corrected chi connectivity index (χ2v) is 12.9. The van der Waals surface area contributed by atoms with Gasteiger partial charge in [0.2, 0.25) is 0 Å². The van der Waals surface area contributed by atoms with E-state index < -0.39 is 0 Å². The topological polar surface area (TPSA) is 67.1 Å². The van der Waals surface area contributed by atoms with Crippen LogP contribution in [0.3, 0.4) is 0 Å². The fourth-order valence-electron chi connectivity index (χ4n) is 6.86. The molecule has 0 aliphatic carbocycles. The summed E-state index contributed by atoms with van der Waals surface area (Å²) in [7, 11) is 3.97.